The number of nitrogens with zero attached hydrogens (tertiary/aromatic N) is 2. The van der Waals surface area contributed by atoms with E-state index in [2.05, 4.69) is 24.1 Å². The van der Waals surface area contributed by atoms with Crippen molar-refractivity contribution in [2.45, 2.75) is 4.90 Å². The first-order valence-corrected chi connectivity index (χ1v) is 10.7. The summed E-state index contributed by atoms with van der Waals surface area (Å²) in [6.45, 7) is 0. The van der Waals surface area contributed by atoms with Crippen molar-refractivity contribution in [1.29, 1.82) is 0 Å². The maximum atomic E-state index is 12.8. The summed E-state index contributed by atoms with van der Waals surface area (Å²) < 4.78 is 36.3. The Kier molecular flexibility index (Phi) is 5.10. The number of hydrogen-bond donors (Lipinski definition) is 3. The average molecular weight is 425 g/mol. The number of anilines is 3. The van der Waals surface area contributed by atoms with Gasteiger partial charge in [0.2, 0.25) is 0 Å². The van der Waals surface area contributed by atoms with Crippen molar-refractivity contribution in [3.63, 3.8) is 0 Å². The molecule has 3 aromatic carbocycles. The van der Waals surface area contributed by atoms with E-state index in [1.807, 2.05) is 18.2 Å². The van der Waals surface area contributed by atoms with E-state index in [1.54, 1.807) is 42.5 Å². The maximum absolute atomic E-state index is 12.8. The van der Waals surface area contributed by atoms with E-state index in [-0.39, 0.29) is 4.90 Å². The second-order valence-electron chi connectivity index (χ2n) is 6.02. The Morgan fingerprint density at radius 3 is 2.31 bits per heavy atom. The fourth-order valence-corrected chi connectivity index (χ4v) is 4.50. The maximum Gasteiger partial charge on any atom is 0.323 e. The van der Waals surface area contributed by atoms with Crippen LogP contribution in [0.2, 0.25) is 0 Å². The predicted molar refractivity (Wildman–Crippen MR) is 114 cm³/mol. The van der Waals surface area contributed by atoms with Crippen LogP contribution >= 0.6 is 11.7 Å². The number of amides is 2. The van der Waals surface area contributed by atoms with Gasteiger partial charge in [0.15, 0.2) is 0 Å². The third kappa shape index (κ3) is 4.33. The fraction of sp³-hybridized carbons (Fsp3) is 0. The summed E-state index contributed by atoms with van der Waals surface area (Å²) in [6.07, 6.45) is 0. The monoisotopic (exact) mass is 425 g/mol. The summed E-state index contributed by atoms with van der Waals surface area (Å²) in [5.74, 6) is 0. The van der Waals surface area contributed by atoms with Crippen LogP contribution in [0, 0.1) is 0 Å². The molecule has 0 spiro atoms. The van der Waals surface area contributed by atoms with Crippen molar-refractivity contribution in [3.05, 3.63) is 72.8 Å². The zero-order valence-corrected chi connectivity index (χ0v) is 16.5. The van der Waals surface area contributed by atoms with E-state index in [0.717, 1.165) is 11.7 Å². The molecule has 0 aliphatic carbocycles. The van der Waals surface area contributed by atoms with Crippen molar-refractivity contribution in [1.82, 2.24) is 8.75 Å². The molecule has 29 heavy (non-hydrogen) atoms. The zero-order valence-electron chi connectivity index (χ0n) is 14.9. The molecule has 0 bridgehead atoms. The Morgan fingerprint density at radius 2 is 1.48 bits per heavy atom. The highest BCUT2D eigenvalue weighted by atomic mass is 32.2. The molecule has 0 saturated carbocycles. The van der Waals surface area contributed by atoms with Crippen LogP contribution in [0.3, 0.4) is 0 Å². The molecular weight excluding hydrogens is 410 g/mol. The van der Waals surface area contributed by atoms with Gasteiger partial charge < -0.3 is 10.6 Å². The molecule has 0 aliphatic rings. The van der Waals surface area contributed by atoms with Crippen molar-refractivity contribution in [3.8, 4) is 0 Å². The number of sulfonamides is 1. The number of nitrogens with one attached hydrogen (secondary N) is 3. The number of rotatable bonds is 5. The lowest BCUT2D eigenvalue weighted by Crippen LogP contribution is -2.19. The third-order valence-electron chi connectivity index (χ3n) is 3.94. The van der Waals surface area contributed by atoms with Crippen LogP contribution in [-0.4, -0.2) is 23.2 Å². The molecule has 0 aliphatic heterocycles. The Bertz CT molecular complexity index is 1270. The lowest BCUT2D eigenvalue weighted by molar-refractivity contribution is 0.262. The highest BCUT2D eigenvalue weighted by Gasteiger charge is 2.19. The highest BCUT2D eigenvalue weighted by Crippen LogP contribution is 2.24. The minimum atomic E-state index is -3.88. The average Bonchev–Trinajstić information content (AvgIpc) is 3.17. The Balaban J connectivity index is 1.51. The molecule has 10 heteroatoms. The first-order chi connectivity index (χ1) is 14.0. The molecule has 3 N–H and O–H groups in total. The van der Waals surface area contributed by atoms with Gasteiger partial charge in [0, 0.05) is 11.4 Å². The minimum absolute atomic E-state index is 0.0453. The van der Waals surface area contributed by atoms with E-state index in [0.29, 0.717) is 28.1 Å². The first-order valence-electron chi connectivity index (χ1n) is 8.48. The van der Waals surface area contributed by atoms with Crippen LogP contribution in [0.5, 0.6) is 0 Å². The van der Waals surface area contributed by atoms with Gasteiger partial charge in [-0.25, -0.2) is 13.2 Å². The van der Waals surface area contributed by atoms with Crippen molar-refractivity contribution in [2.75, 3.05) is 15.4 Å². The highest BCUT2D eigenvalue weighted by molar-refractivity contribution is 7.93. The summed E-state index contributed by atoms with van der Waals surface area (Å²) >= 11 is 0.953. The van der Waals surface area contributed by atoms with Gasteiger partial charge in [-0.05, 0) is 42.5 Å². The molecule has 0 radical (unpaired) electrons. The molecule has 8 nitrogen and oxygen atoms in total. The quantitative estimate of drug-likeness (QED) is 0.445. The molecule has 0 fully saturated rings. The molecule has 4 aromatic rings. The molecule has 1 heterocycles. The number of aromatic nitrogens is 2. The predicted octanol–water partition coefficient (Wildman–Crippen LogP) is 4.14. The summed E-state index contributed by atoms with van der Waals surface area (Å²) in [5.41, 5.74) is 2.23. The van der Waals surface area contributed by atoms with Gasteiger partial charge in [-0.2, -0.15) is 8.75 Å². The number of carbonyl (C=O) groups excluding carboxylic acids is 1. The smallest absolute Gasteiger partial charge is 0.308 e. The van der Waals surface area contributed by atoms with Crippen LogP contribution in [0.15, 0.2) is 77.7 Å². The van der Waals surface area contributed by atoms with Crippen LogP contribution in [0.1, 0.15) is 0 Å². The van der Waals surface area contributed by atoms with Crippen LogP contribution in [0.25, 0.3) is 11.0 Å². The van der Waals surface area contributed by atoms with Crippen LogP contribution in [-0.2, 0) is 10.0 Å². The number of para-hydroxylation sites is 1. The molecule has 0 saturated heterocycles. The fourth-order valence-electron chi connectivity index (χ4n) is 2.68. The minimum Gasteiger partial charge on any atom is -0.308 e. The molecule has 146 valence electrons. The largest absolute Gasteiger partial charge is 0.323 e. The Morgan fingerprint density at radius 1 is 0.793 bits per heavy atom. The molecule has 4 rings (SSSR count). The van der Waals surface area contributed by atoms with Gasteiger partial charge in [0.1, 0.15) is 15.9 Å². The van der Waals surface area contributed by atoms with E-state index in [4.69, 9.17) is 0 Å². The van der Waals surface area contributed by atoms with Crippen molar-refractivity contribution < 1.29 is 13.2 Å². The van der Waals surface area contributed by atoms with Gasteiger partial charge in [-0.3, -0.25) is 4.72 Å². The third-order valence-corrected chi connectivity index (χ3v) is 5.90. The zero-order chi connectivity index (χ0) is 20.3. The number of benzene rings is 3. The molecule has 1 aromatic heterocycles. The Labute approximate surface area is 171 Å². The summed E-state index contributed by atoms with van der Waals surface area (Å²) in [4.78, 5) is 12.2. The van der Waals surface area contributed by atoms with Crippen LogP contribution in [0.4, 0.5) is 21.9 Å². The van der Waals surface area contributed by atoms with Gasteiger partial charge in [-0.15, -0.1) is 0 Å². The number of carbonyl (C=O) groups is 1. The molecule has 0 atom stereocenters. The van der Waals surface area contributed by atoms with Crippen molar-refractivity contribution in [2.24, 2.45) is 0 Å². The summed E-state index contributed by atoms with van der Waals surface area (Å²) in [6, 6.07) is 19.8. The molecular formula is C19H15N5O3S2. The van der Waals surface area contributed by atoms with Crippen LogP contribution < -0.4 is 15.4 Å². The van der Waals surface area contributed by atoms with E-state index >= 15 is 0 Å². The SMILES string of the molecule is O=C(Nc1ccccc1)Nc1cccc(NS(=O)(=O)c2cccc3nsnc23)c1. The van der Waals surface area contributed by atoms with E-state index in [9.17, 15) is 13.2 Å². The molecule has 0 unspecified atom stereocenters. The van der Waals surface area contributed by atoms with Gasteiger partial charge >= 0.3 is 6.03 Å². The number of hydrogen-bond acceptors (Lipinski definition) is 6. The van der Waals surface area contributed by atoms with Crippen molar-refractivity contribution >= 4 is 55.9 Å². The lowest BCUT2D eigenvalue weighted by atomic mass is 10.3. The Hall–Kier alpha value is -3.50. The van der Waals surface area contributed by atoms with E-state index in [1.165, 1.54) is 12.1 Å². The number of fused-ring (bicyclic) bond motifs is 1. The van der Waals surface area contributed by atoms with Gasteiger partial charge in [-0.1, -0.05) is 30.3 Å². The lowest BCUT2D eigenvalue weighted by Gasteiger charge is -2.11. The number of urea groups is 1. The normalized spacial score (nSPS) is 11.2. The topological polar surface area (TPSA) is 113 Å². The standard InChI is InChI=1S/C19H15N5O3S2/c25-19(20-13-6-2-1-3-7-13)21-14-8-4-9-15(12-14)24-29(26,27)17-11-5-10-16-18(17)23-28-22-16/h1-12,24H,(H2,20,21,25). The second-order valence-corrected chi connectivity index (χ2v) is 8.20. The summed E-state index contributed by atoms with van der Waals surface area (Å²) in [7, 11) is -3.88. The van der Waals surface area contributed by atoms with Gasteiger partial charge in [0.25, 0.3) is 10.0 Å². The second kappa shape index (κ2) is 7.86. The first kappa shape index (κ1) is 18.8. The molecule has 2 amide bonds. The van der Waals surface area contributed by atoms with Gasteiger partial charge in [0.05, 0.1) is 17.4 Å². The van der Waals surface area contributed by atoms with E-state index < -0.39 is 16.1 Å². The summed E-state index contributed by atoms with van der Waals surface area (Å²) in [5, 5.41) is 5.37.